The third-order valence-electron chi connectivity index (χ3n) is 8.40. The first-order valence-corrected chi connectivity index (χ1v) is 13.2. The van der Waals surface area contributed by atoms with Gasteiger partial charge in [-0.2, -0.15) is 0 Å². The largest absolute Gasteiger partial charge is 0.494 e. The van der Waals surface area contributed by atoms with Crippen LogP contribution < -0.4 is 4.74 Å². The molecule has 1 aromatic carbocycles. The highest BCUT2D eigenvalue weighted by Crippen LogP contribution is 2.47. The quantitative estimate of drug-likeness (QED) is 0.301. The molecule has 2 nitrogen and oxygen atoms in total. The highest BCUT2D eigenvalue weighted by atomic mass is 16.5. The highest BCUT2D eigenvalue weighted by Gasteiger charge is 2.38. The van der Waals surface area contributed by atoms with Crippen molar-refractivity contribution in [3.05, 3.63) is 41.5 Å². The SMILES string of the molecule is C/C=C/CO[C@@H]1CC[C@@H]2CC(C3CCc4cc(OCCCCC)ccc4C3)CCC2C1. The third kappa shape index (κ3) is 6.15. The van der Waals surface area contributed by atoms with Crippen LogP contribution >= 0.6 is 0 Å². The standard InChI is InChI=1S/C29H44O2/c1-3-5-7-17-31-29-15-13-25-19-23(9-11-27(25)21-29)22-8-10-26-20-28(30-16-6-4-2)14-12-24(26)18-22/h4,6,13,15,21-24,26,28H,3,5,7-12,14,16-20H2,1-2H3/b6-4+/t22?,23?,24-,26?,28-/m1/s1. The monoisotopic (exact) mass is 424 g/mol. The van der Waals surface area contributed by atoms with E-state index in [2.05, 4.69) is 44.2 Å². The Morgan fingerprint density at radius 1 is 0.903 bits per heavy atom. The van der Waals surface area contributed by atoms with Crippen LogP contribution in [0.2, 0.25) is 0 Å². The van der Waals surface area contributed by atoms with Crippen molar-refractivity contribution in [1.82, 2.24) is 0 Å². The van der Waals surface area contributed by atoms with Gasteiger partial charge in [-0.05, 0) is 118 Å². The molecule has 31 heavy (non-hydrogen) atoms. The summed E-state index contributed by atoms with van der Waals surface area (Å²) in [4.78, 5) is 0. The summed E-state index contributed by atoms with van der Waals surface area (Å²) in [7, 11) is 0. The van der Waals surface area contributed by atoms with E-state index in [4.69, 9.17) is 9.47 Å². The van der Waals surface area contributed by atoms with Gasteiger partial charge in [-0.25, -0.2) is 0 Å². The van der Waals surface area contributed by atoms with E-state index in [1.165, 1.54) is 77.0 Å². The maximum Gasteiger partial charge on any atom is 0.119 e. The minimum Gasteiger partial charge on any atom is -0.494 e. The Morgan fingerprint density at radius 3 is 2.55 bits per heavy atom. The molecule has 0 radical (unpaired) electrons. The second kappa shape index (κ2) is 11.5. The fourth-order valence-corrected chi connectivity index (χ4v) is 6.54. The molecule has 0 bridgehead atoms. The van der Waals surface area contributed by atoms with Gasteiger partial charge in [0.1, 0.15) is 5.75 Å². The zero-order valence-electron chi connectivity index (χ0n) is 20.0. The molecular weight excluding hydrogens is 380 g/mol. The molecule has 4 rings (SSSR count). The predicted octanol–water partition coefficient (Wildman–Crippen LogP) is 7.54. The van der Waals surface area contributed by atoms with Gasteiger partial charge in [-0.3, -0.25) is 0 Å². The van der Waals surface area contributed by atoms with Gasteiger partial charge in [0.2, 0.25) is 0 Å². The third-order valence-corrected chi connectivity index (χ3v) is 8.40. The number of hydrogen-bond donors (Lipinski definition) is 0. The number of hydrogen-bond acceptors (Lipinski definition) is 2. The first-order chi connectivity index (χ1) is 15.3. The van der Waals surface area contributed by atoms with Crippen LogP contribution in [-0.4, -0.2) is 19.3 Å². The Morgan fingerprint density at radius 2 is 1.71 bits per heavy atom. The lowest BCUT2D eigenvalue weighted by Gasteiger charge is -2.44. The smallest absolute Gasteiger partial charge is 0.119 e. The Bertz CT molecular complexity index is 709. The molecule has 0 N–H and O–H groups in total. The average molecular weight is 425 g/mol. The molecule has 0 spiro atoms. The van der Waals surface area contributed by atoms with Crippen molar-refractivity contribution in [2.45, 2.75) is 97.0 Å². The summed E-state index contributed by atoms with van der Waals surface area (Å²) in [5.41, 5.74) is 3.15. The number of aryl methyl sites for hydroxylation is 1. The number of allylic oxidation sites excluding steroid dienone is 1. The Labute approximate surface area is 190 Å². The zero-order chi connectivity index (χ0) is 21.5. The Kier molecular flexibility index (Phi) is 8.53. The second-order valence-electron chi connectivity index (χ2n) is 10.4. The van der Waals surface area contributed by atoms with Crippen molar-refractivity contribution in [2.24, 2.45) is 23.7 Å². The molecule has 2 heteroatoms. The highest BCUT2D eigenvalue weighted by molar-refractivity contribution is 5.37. The fourth-order valence-electron chi connectivity index (χ4n) is 6.54. The molecule has 1 aromatic rings. The summed E-state index contributed by atoms with van der Waals surface area (Å²) in [6.07, 6.45) is 20.7. The van der Waals surface area contributed by atoms with Crippen LogP contribution in [0.4, 0.5) is 0 Å². The van der Waals surface area contributed by atoms with E-state index in [0.717, 1.165) is 42.6 Å². The van der Waals surface area contributed by atoms with Crippen molar-refractivity contribution in [1.29, 1.82) is 0 Å². The summed E-state index contributed by atoms with van der Waals surface area (Å²) in [5.74, 6) is 4.81. The van der Waals surface area contributed by atoms with Crippen molar-refractivity contribution in [2.75, 3.05) is 13.2 Å². The molecule has 2 fully saturated rings. The molecule has 0 heterocycles. The van der Waals surface area contributed by atoms with Crippen LogP contribution in [0, 0.1) is 23.7 Å². The fraction of sp³-hybridized carbons (Fsp3) is 0.724. The number of fused-ring (bicyclic) bond motifs is 2. The summed E-state index contributed by atoms with van der Waals surface area (Å²) in [6, 6.07) is 6.93. The van der Waals surface area contributed by atoms with Gasteiger partial charge in [-0.1, -0.05) is 38.0 Å². The molecule has 5 atom stereocenters. The summed E-state index contributed by atoms with van der Waals surface area (Å²) in [6.45, 7) is 5.98. The van der Waals surface area contributed by atoms with E-state index in [1.54, 1.807) is 11.1 Å². The topological polar surface area (TPSA) is 18.5 Å². The summed E-state index contributed by atoms with van der Waals surface area (Å²) >= 11 is 0. The van der Waals surface area contributed by atoms with Crippen molar-refractivity contribution >= 4 is 0 Å². The van der Waals surface area contributed by atoms with Crippen molar-refractivity contribution in [3.63, 3.8) is 0 Å². The van der Waals surface area contributed by atoms with Crippen LogP contribution in [0.1, 0.15) is 89.2 Å². The van der Waals surface area contributed by atoms with E-state index >= 15 is 0 Å². The molecule has 0 saturated heterocycles. The van der Waals surface area contributed by atoms with Crippen LogP contribution in [0.5, 0.6) is 5.75 Å². The van der Waals surface area contributed by atoms with E-state index in [0.29, 0.717) is 6.10 Å². The zero-order valence-corrected chi connectivity index (χ0v) is 20.0. The predicted molar refractivity (Wildman–Crippen MR) is 130 cm³/mol. The van der Waals surface area contributed by atoms with Gasteiger partial charge >= 0.3 is 0 Å². The number of unbranched alkanes of at least 4 members (excludes halogenated alkanes) is 2. The molecule has 2 saturated carbocycles. The summed E-state index contributed by atoms with van der Waals surface area (Å²) in [5, 5.41) is 0. The van der Waals surface area contributed by atoms with Gasteiger partial charge in [0, 0.05) is 0 Å². The van der Waals surface area contributed by atoms with Crippen LogP contribution in [0.25, 0.3) is 0 Å². The van der Waals surface area contributed by atoms with Crippen LogP contribution in [-0.2, 0) is 17.6 Å². The molecule has 0 aromatic heterocycles. The van der Waals surface area contributed by atoms with E-state index in [9.17, 15) is 0 Å². The maximum absolute atomic E-state index is 6.10. The lowest BCUT2D eigenvalue weighted by molar-refractivity contribution is -0.0138. The molecule has 3 unspecified atom stereocenters. The normalized spacial score (nSPS) is 30.7. The first kappa shape index (κ1) is 22.9. The summed E-state index contributed by atoms with van der Waals surface area (Å²) < 4.78 is 12.1. The van der Waals surface area contributed by atoms with Crippen molar-refractivity contribution in [3.8, 4) is 5.75 Å². The molecule has 172 valence electrons. The lowest BCUT2D eigenvalue weighted by atomic mass is 9.62. The van der Waals surface area contributed by atoms with E-state index in [-0.39, 0.29) is 0 Å². The first-order valence-electron chi connectivity index (χ1n) is 13.2. The van der Waals surface area contributed by atoms with E-state index < -0.39 is 0 Å². The number of benzene rings is 1. The maximum atomic E-state index is 6.10. The Balaban J connectivity index is 1.26. The van der Waals surface area contributed by atoms with Gasteiger partial charge in [-0.15, -0.1) is 0 Å². The minimum atomic E-state index is 0.508. The molecule has 0 amide bonds. The molecular formula is C29H44O2. The van der Waals surface area contributed by atoms with Gasteiger partial charge in [0.05, 0.1) is 19.3 Å². The Hall–Kier alpha value is -1.28. The van der Waals surface area contributed by atoms with Crippen LogP contribution in [0.3, 0.4) is 0 Å². The van der Waals surface area contributed by atoms with Gasteiger partial charge in [0.15, 0.2) is 0 Å². The van der Waals surface area contributed by atoms with Gasteiger partial charge < -0.3 is 9.47 Å². The number of rotatable bonds is 9. The minimum absolute atomic E-state index is 0.508. The molecule has 3 aliphatic rings. The van der Waals surface area contributed by atoms with Gasteiger partial charge in [0.25, 0.3) is 0 Å². The average Bonchev–Trinajstić information content (AvgIpc) is 2.81. The van der Waals surface area contributed by atoms with Crippen molar-refractivity contribution < 1.29 is 9.47 Å². The molecule has 0 aliphatic heterocycles. The second-order valence-corrected chi connectivity index (χ2v) is 10.4. The lowest BCUT2D eigenvalue weighted by Crippen LogP contribution is -2.37. The molecule has 3 aliphatic carbocycles. The van der Waals surface area contributed by atoms with Crippen LogP contribution in [0.15, 0.2) is 30.4 Å². The number of ether oxygens (including phenoxy) is 2. The van der Waals surface area contributed by atoms with E-state index in [1.807, 2.05) is 0 Å².